The predicted octanol–water partition coefficient (Wildman–Crippen LogP) is 2.08. The standard InChI is InChI=1S/C9H15NO2.C7H14N2O/c1-3-6-10(7-4-2)8-5-9(11)12;8-7(10)9-5-3-1-2-4-6-9/h3-4H,1-2,5-8H2,(H,11,12);1-6H2,(H2,8,10). The van der Waals surface area contributed by atoms with Crippen LogP contribution in [0.3, 0.4) is 0 Å². The fourth-order valence-corrected chi connectivity index (χ4v) is 2.17. The number of nitrogens with two attached hydrogens (primary N) is 1. The number of urea groups is 1. The first-order valence-electron chi connectivity index (χ1n) is 7.71. The minimum absolute atomic E-state index is 0.168. The van der Waals surface area contributed by atoms with E-state index in [1.807, 2.05) is 4.90 Å². The van der Waals surface area contributed by atoms with Gasteiger partial charge in [0.1, 0.15) is 0 Å². The Bertz CT molecular complexity index is 341. The smallest absolute Gasteiger partial charge is 0.314 e. The molecule has 1 fully saturated rings. The Balaban J connectivity index is 0.000000406. The summed E-state index contributed by atoms with van der Waals surface area (Å²) in [6.45, 7) is 10.9. The number of primary amides is 1. The van der Waals surface area contributed by atoms with Gasteiger partial charge in [-0.15, -0.1) is 13.2 Å². The van der Waals surface area contributed by atoms with Crippen molar-refractivity contribution in [2.24, 2.45) is 5.73 Å². The van der Waals surface area contributed by atoms with E-state index in [0.717, 1.165) is 25.9 Å². The lowest BCUT2D eigenvalue weighted by atomic mass is 10.2. The van der Waals surface area contributed by atoms with Gasteiger partial charge in [-0.05, 0) is 12.8 Å². The zero-order valence-electron chi connectivity index (χ0n) is 13.4. The number of nitrogens with zero attached hydrogens (tertiary/aromatic N) is 2. The van der Waals surface area contributed by atoms with E-state index in [9.17, 15) is 9.59 Å². The van der Waals surface area contributed by atoms with Crippen LogP contribution in [0.1, 0.15) is 32.1 Å². The first-order chi connectivity index (χ1) is 10.5. The molecule has 1 aliphatic heterocycles. The molecule has 0 aromatic heterocycles. The van der Waals surface area contributed by atoms with E-state index in [1.165, 1.54) is 12.8 Å². The monoisotopic (exact) mass is 311 g/mol. The maximum atomic E-state index is 10.7. The summed E-state index contributed by atoms with van der Waals surface area (Å²) in [6.07, 6.45) is 8.39. The molecular formula is C16H29N3O3. The molecule has 126 valence electrons. The number of amides is 2. The molecule has 1 aliphatic rings. The van der Waals surface area contributed by atoms with Gasteiger partial charge in [0.2, 0.25) is 0 Å². The van der Waals surface area contributed by atoms with E-state index in [-0.39, 0.29) is 12.5 Å². The third kappa shape index (κ3) is 10.9. The predicted molar refractivity (Wildman–Crippen MR) is 88.7 cm³/mol. The molecule has 0 saturated carbocycles. The zero-order chi connectivity index (χ0) is 16.8. The van der Waals surface area contributed by atoms with Gasteiger partial charge in [0.15, 0.2) is 0 Å². The molecular weight excluding hydrogens is 282 g/mol. The normalized spacial score (nSPS) is 14.5. The van der Waals surface area contributed by atoms with E-state index < -0.39 is 5.97 Å². The van der Waals surface area contributed by atoms with Gasteiger partial charge in [0.05, 0.1) is 6.42 Å². The van der Waals surface area contributed by atoms with Gasteiger partial charge in [0.25, 0.3) is 0 Å². The second kappa shape index (κ2) is 12.9. The average molecular weight is 311 g/mol. The molecule has 0 atom stereocenters. The van der Waals surface area contributed by atoms with Crippen LogP contribution in [0.25, 0.3) is 0 Å². The van der Waals surface area contributed by atoms with Crippen LogP contribution < -0.4 is 5.73 Å². The SMILES string of the molecule is C=CCN(CC=C)CCC(=O)O.NC(=O)N1CCCCCC1. The number of carbonyl (C=O) groups is 2. The Morgan fingerprint density at radius 3 is 1.95 bits per heavy atom. The molecule has 0 bridgehead atoms. The summed E-state index contributed by atoms with van der Waals surface area (Å²) < 4.78 is 0. The van der Waals surface area contributed by atoms with E-state index in [2.05, 4.69) is 13.2 Å². The Labute approximate surface area is 133 Å². The zero-order valence-corrected chi connectivity index (χ0v) is 13.4. The quantitative estimate of drug-likeness (QED) is 0.705. The fourth-order valence-electron chi connectivity index (χ4n) is 2.17. The lowest BCUT2D eigenvalue weighted by Gasteiger charge is -2.16. The second-order valence-corrected chi connectivity index (χ2v) is 5.22. The van der Waals surface area contributed by atoms with Gasteiger partial charge in [-0.1, -0.05) is 25.0 Å². The van der Waals surface area contributed by atoms with Crippen LogP contribution in [0, 0.1) is 0 Å². The van der Waals surface area contributed by atoms with Crippen LogP contribution in [0.15, 0.2) is 25.3 Å². The van der Waals surface area contributed by atoms with Gasteiger partial charge in [-0.2, -0.15) is 0 Å². The van der Waals surface area contributed by atoms with Crippen LogP contribution >= 0.6 is 0 Å². The molecule has 6 nitrogen and oxygen atoms in total. The molecule has 6 heteroatoms. The van der Waals surface area contributed by atoms with Gasteiger partial charge in [-0.3, -0.25) is 9.69 Å². The minimum Gasteiger partial charge on any atom is -0.481 e. The van der Waals surface area contributed by atoms with Gasteiger partial charge >= 0.3 is 12.0 Å². The first kappa shape index (κ1) is 20.2. The first-order valence-corrected chi connectivity index (χ1v) is 7.71. The summed E-state index contributed by atoms with van der Waals surface area (Å²) >= 11 is 0. The van der Waals surface area contributed by atoms with Crippen molar-refractivity contribution < 1.29 is 14.7 Å². The average Bonchev–Trinajstić information content (AvgIpc) is 2.75. The van der Waals surface area contributed by atoms with Crippen molar-refractivity contribution in [3.8, 4) is 0 Å². The van der Waals surface area contributed by atoms with Crippen LogP contribution in [0.2, 0.25) is 0 Å². The van der Waals surface area contributed by atoms with Crippen molar-refractivity contribution in [2.45, 2.75) is 32.1 Å². The van der Waals surface area contributed by atoms with Gasteiger partial charge < -0.3 is 15.7 Å². The molecule has 1 saturated heterocycles. The number of hydrogen-bond donors (Lipinski definition) is 2. The maximum absolute atomic E-state index is 10.7. The molecule has 0 unspecified atom stereocenters. The molecule has 1 rings (SSSR count). The van der Waals surface area contributed by atoms with Crippen molar-refractivity contribution >= 4 is 12.0 Å². The van der Waals surface area contributed by atoms with E-state index in [1.54, 1.807) is 17.1 Å². The van der Waals surface area contributed by atoms with Crippen molar-refractivity contribution in [3.63, 3.8) is 0 Å². The largest absolute Gasteiger partial charge is 0.481 e. The van der Waals surface area contributed by atoms with Crippen molar-refractivity contribution in [1.82, 2.24) is 9.80 Å². The summed E-state index contributed by atoms with van der Waals surface area (Å²) in [4.78, 5) is 24.6. The second-order valence-electron chi connectivity index (χ2n) is 5.22. The number of carbonyl (C=O) groups excluding carboxylic acids is 1. The van der Waals surface area contributed by atoms with Gasteiger partial charge in [-0.25, -0.2) is 4.79 Å². The highest BCUT2D eigenvalue weighted by Gasteiger charge is 2.10. The molecule has 3 N–H and O–H groups in total. The van der Waals surface area contributed by atoms with Crippen molar-refractivity contribution in [2.75, 3.05) is 32.7 Å². The van der Waals surface area contributed by atoms with Gasteiger partial charge in [0, 0.05) is 32.7 Å². The highest BCUT2D eigenvalue weighted by Crippen LogP contribution is 2.08. The molecule has 0 aromatic carbocycles. The van der Waals surface area contributed by atoms with Crippen LogP contribution in [0.4, 0.5) is 4.79 Å². The number of hydrogen-bond acceptors (Lipinski definition) is 3. The molecule has 1 heterocycles. The Morgan fingerprint density at radius 2 is 1.59 bits per heavy atom. The summed E-state index contributed by atoms with van der Waals surface area (Å²) in [5.41, 5.74) is 5.12. The molecule has 2 amide bonds. The third-order valence-corrected chi connectivity index (χ3v) is 3.33. The van der Waals surface area contributed by atoms with Crippen LogP contribution in [-0.4, -0.2) is 59.6 Å². The number of likely N-dealkylation sites (tertiary alicyclic amines) is 1. The fraction of sp³-hybridized carbons (Fsp3) is 0.625. The number of carboxylic acid groups (broad SMARTS) is 1. The lowest BCUT2D eigenvalue weighted by molar-refractivity contribution is -0.137. The van der Waals surface area contributed by atoms with Crippen molar-refractivity contribution in [1.29, 1.82) is 0 Å². The lowest BCUT2D eigenvalue weighted by Crippen LogP contribution is -2.36. The van der Waals surface area contributed by atoms with E-state index in [4.69, 9.17) is 10.8 Å². The van der Waals surface area contributed by atoms with Crippen LogP contribution in [-0.2, 0) is 4.79 Å². The number of rotatable bonds is 7. The summed E-state index contributed by atoms with van der Waals surface area (Å²) in [7, 11) is 0. The maximum Gasteiger partial charge on any atom is 0.314 e. The highest BCUT2D eigenvalue weighted by molar-refractivity contribution is 5.71. The van der Waals surface area contributed by atoms with E-state index in [0.29, 0.717) is 19.6 Å². The summed E-state index contributed by atoms with van der Waals surface area (Å²) in [5, 5.41) is 8.42. The third-order valence-electron chi connectivity index (χ3n) is 3.33. The number of aliphatic carboxylic acids is 1. The molecule has 0 spiro atoms. The molecule has 22 heavy (non-hydrogen) atoms. The Hall–Kier alpha value is -1.82. The molecule has 0 radical (unpaired) electrons. The van der Waals surface area contributed by atoms with Crippen molar-refractivity contribution in [3.05, 3.63) is 25.3 Å². The Morgan fingerprint density at radius 1 is 1.09 bits per heavy atom. The Kier molecular flexibility index (Phi) is 11.8. The highest BCUT2D eigenvalue weighted by atomic mass is 16.4. The topological polar surface area (TPSA) is 86.9 Å². The summed E-state index contributed by atoms with van der Waals surface area (Å²) in [5.74, 6) is -0.770. The van der Waals surface area contributed by atoms with E-state index >= 15 is 0 Å². The van der Waals surface area contributed by atoms with Crippen LogP contribution in [0.5, 0.6) is 0 Å². The number of carboxylic acids is 1. The molecule has 0 aliphatic carbocycles. The minimum atomic E-state index is -0.770. The molecule has 0 aromatic rings. The summed E-state index contributed by atoms with van der Waals surface area (Å²) in [6, 6.07) is -0.262.